The number of nitrogens with zero attached hydrogens (tertiary/aromatic N) is 2. The Labute approximate surface area is 167 Å². The van der Waals surface area contributed by atoms with Gasteiger partial charge in [-0.25, -0.2) is 0 Å². The molecule has 3 fully saturated rings. The number of likely N-dealkylation sites (tertiary alicyclic amines) is 2. The van der Waals surface area contributed by atoms with Crippen LogP contribution in [0.4, 0.5) is 0 Å². The van der Waals surface area contributed by atoms with Crippen molar-refractivity contribution >= 4 is 11.8 Å². The molecule has 0 unspecified atom stereocenters. The molecule has 4 rings (SSSR count). The van der Waals surface area contributed by atoms with E-state index in [0.29, 0.717) is 31.8 Å². The summed E-state index contributed by atoms with van der Waals surface area (Å²) in [5, 5.41) is 11.5. The Balaban J connectivity index is 1.39. The van der Waals surface area contributed by atoms with Crippen LogP contribution < -0.4 is 0 Å². The van der Waals surface area contributed by atoms with E-state index >= 15 is 0 Å². The van der Waals surface area contributed by atoms with Gasteiger partial charge in [0.05, 0.1) is 5.60 Å². The van der Waals surface area contributed by atoms with Crippen molar-refractivity contribution in [3.05, 3.63) is 35.9 Å². The smallest absolute Gasteiger partial charge is 0.224 e. The van der Waals surface area contributed by atoms with Gasteiger partial charge in [0.1, 0.15) is 0 Å². The largest absolute Gasteiger partial charge is 0.385 e. The zero-order chi connectivity index (χ0) is 19.6. The standard InChI is InChI=1S/C23H32N2O3/c26-21-11-5-2-6-14-24(21)15-12-22(27)25-16-18-8-7-13-23(28,20(18)17-25)19-9-3-1-4-10-19/h1,3-4,9-10,18,20,28H,2,5-8,11-17H2/t18-,20+,23+/m1/s1. The van der Waals surface area contributed by atoms with E-state index in [1.54, 1.807) is 0 Å². The van der Waals surface area contributed by atoms with Crippen LogP contribution in [0.3, 0.4) is 0 Å². The monoisotopic (exact) mass is 384 g/mol. The Morgan fingerprint density at radius 1 is 1.11 bits per heavy atom. The van der Waals surface area contributed by atoms with Gasteiger partial charge >= 0.3 is 0 Å². The molecular formula is C23H32N2O3. The van der Waals surface area contributed by atoms with Gasteiger partial charge in [0.15, 0.2) is 0 Å². The van der Waals surface area contributed by atoms with Crippen molar-refractivity contribution in [2.45, 2.75) is 57.0 Å². The molecule has 2 saturated heterocycles. The normalized spacial score (nSPS) is 30.8. The Morgan fingerprint density at radius 3 is 2.75 bits per heavy atom. The first-order valence-electron chi connectivity index (χ1n) is 10.9. The fraction of sp³-hybridized carbons (Fsp3) is 0.652. The Kier molecular flexibility index (Phi) is 5.72. The summed E-state index contributed by atoms with van der Waals surface area (Å²) < 4.78 is 0. The lowest BCUT2D eigenvalue weighted by atomic mass is 9.67. The lowest BCUT2D eigenvalue weighted by Crippen LogP contribution is -2.43. The van der Waals surface area contributed by atoms with Crippen molar-refractivity contribution in [1.29, 1.82) is 0 Å². The highest BCUT2D eigenvalue weighted by atomic mass is 16.3. The first kappa shape index (κ1) is 19.4. The van der Waals surface area contributed by atoms with E-state index in [9.17, 15) is 14.7 Å². The molecule has 1 aromatic rings. The molecule has 1 N–H and O–H groups in total. The molecule has 5 heteroatoms. The van der Waals surface area contributed by atoms with Crippen LogP contribution >= 0.6 is 0 Å². The number of hydrogen-bond acceptors (Lipinski definition) is 3. The summed E-state index contributed by atoms with van der Waals surface area (Å²) in [6.45, 7) is 2.69. The van der Waals surface area contributed by atoms with E-state index in [1.165, 1.54) is 0 Å². The molecule has 0 spiro atoms. The van der Waals surface area contributed by atoms with Crippen LogP contribution in [-0.4, -0.2) is 52.9 Å². The summed E-state index contributed by atoms with van der Waals surface area (Å²) in [6, 6.07) is 9.96. The molecule has 1 aliphatic carbocycles. The highest BCUT2D eigenvalue weighted by Crippen LogP contribution is 2.48. The Bertz CT molecular complexity index is 707. The second kappa shape index (κ2) is 8.24. The molecule has 2 heterocycles. The lowest BCUT2D eigenvalue weighted by Gasteiger charge is -2.41. The van der Waals surface area contributed by atoms with Gasteiger partial charge in [0.2, 0.25) is 11.8 Å². The number of benzene rings is 1. The third-order valence-corrected chi connectivity index (χ3v) is 7.08. The number of hydrogen-bond donors (Lipinski definition) is 1. The van der Waals surface area contributed by atoms with Crippen LogP contribution in [0, 0.1) is 11.8 Å². The first-order valence-corrected chi connectivity index (χ1v) is 10.9. The molecule has 0 aromatic heterocycles. The molecule has 5 nitrogen and oxygen atoms in total. The average molecular weight is 385 g/mol. The van der Waals surface area contributed by atoms with Gasteiger partial charge in [-0.05, 0) is 43.6 Å². The topological polar surface area (TPSA) is 60.9 Å². The van der Waals surface area contributed by atoms with Crippen LogP contribution in [0.2, 0.25) is 0 Å². The molecule has 28 heavy (non-hydrogen) atoms. The third kappa shape index (κ3) is 3.82. The minimum absolute atomic E-state index is 0.104. The summed E-state index contributed by atoms with van der Waals surface area (Å²) in [5.41, 5.74) is 0.147. The van der Waals surface area contributed by atoms with Gasteiger partial charge in [0.25, 0.3) is 0 Å². The molecule has 2 aliphatic heterocycles. The zero-order valence-electron chi connectivity index (χ0n) is 16.7. The average Bonchev–Trinajstić information content (AvgIpc) is 3.06. The number of rotatable bonds is 4. The van der Waals surface area contributed by atoms with Crippen molar-refractivity contribution in [1.82, 2.24) is 9.80 Å². The molecular weight excluding hydrogens is 352 g/mol. The van der Waals surface area contributed by atoms with Crippen molar-refractivity contribution in [3.8, 4) is 0 Å². The van der Waals surface area contributed by atoms with Crippen LogP contribution in [-0.2, 0) is 15.2 Å². The molecule has 1 saturated carbocycles. The van der Waals surface area contributed by atoms with E-state index in [0.717, 1.165) is 57.2 Å². The van der Waals surface area contributed by atoms with Crippen molar-refractivity contribution < 1.29 is 14.7 Å². The molecule has 1 aromatic carbocycles. The molecule has 0 radical (unpaired) electrons. The van der Waals surface area contributed by atoms with Crippen molar-refractivity contribution in [3.63, 3.8) is 0 Å². The zero-order valence-corrected chi connectivity index (χ0v) is 16.7. The van der Waals surface area contributed by atoms with Crippen LogP contribution in [0.5, 0.6) is 0 Å². The second-order valence-electron chi connectivity index (χ2n) is 8.79. The maximum atomic E-state index is 12.9. The molecule has 2 amide bonds. The highest BCUT2D eigenvalue weighted by molar-refractivity contribution is 5.79. The summed E-state index contributed by atoms with van der Waals surface area (Å²) in [7, 11) is 0. The van der Waals surface area contributed by atoms with E-state index in [-0.39, 0.29) is 17.7 Å². The molecule has 3 aliphatic rings. The number of carbonyl (C=O) groups is 2. The fourth-order valence-corrected chi connectivity index (χ4v) is 5.48. The third-order valence-electron chi connectivity index (χ3n) is 7.08. The molecule has 152 valence electrons. The van der Waals surface area contributed by atoms with Gasteiger partial charge in [-0.2, -0.15) is 0 Å². The van der Waals surface area contributed by atoms with Crippen molar-refractivity contribution in [2.24, 2.45) is 11.8 Å². The van der Waals surface area contributed by atoms with Gasteiger partial charge < -0.3 is 14.9 Å². The number of aliphatic hydroxyl groups is 1. The van der Waals surface area contributed by atoms with E-state index < -0.39 is 5.60 Å². The van der Waals surface area contributed by atoms with Crippen LogP contribution in [0.15, 0.2) is 30.3 Å². The predicted octanol–water partition coefficient (Wildman–Crippen LogP) is 2.93. The van der Waals surface area contributed by atoms with E-state index in [1.807, 2.05) is 40.1 Å². The summed E-state index contributed by atoms with van der Waals surface area (Å²) in [4.78, 5) is 28.9. The predicted molar refractivity (Wildman–Crippen MR) is 107 cm³/mol. The second-order valence-corrected chi connectivity index (χ2v) is 8.79. The van der Waals surface area contributed by atoms with Crippen LogP contribution in [0.25, 0.3) is 0 Å². The number of amides is 2. The van der Waals surface area contributed by atoms with Gasteiger partial charge in [-0.1, -0.05) is 36.8 Å². The van der Waals surface area contributed by atoms with E-state index in [2.05, 4.69) is 0 Å². The minimum atomic E-state index is -0.833. The summed E-state index contributed by atoms with van der Waals surface area (Å²) in [5.74, 6) is 0.788. The Hall–Kier alpha value is -1.88. The van der Waals surface area contributed by atoms with Crippen molar-refractivity contribution in [2.75, 3.05) is 26.2 Å². The lowest BCUT2D eigenvalue weighted by molar-refractivity contribution is -0.133. The van der Waals surface area contributed by atoms with Gasteiger partial charge in [-0.15, -0.1) is 0 Å². The molecule has 3 atom stereocenters. The maximum Gasteiger partial charge on any atom is 0.224 e. The Morgan fingerprint density at radius 2 is 1.93 bits per heavy atom. The van der Waals surface area contributed by atoms with Gasteiger partial charge in [-0.3, -0.25) is 9.59 Å². The number of carbonyl (C=O) groups excluding carboxylic acids is 2. The fourth-order valence-electron chi connectivity index (χ4n) is 5.48. The first-order chi connectivity index (χ1) is 13.6. The summed E-state index contributed by atoms with van der Waals surface area (Å²) >= 11 is 0. The molecule has 0 bridgehead atoms. The SMILES string of the molecule is O=C1CCCCCN1CCC(=O)N1C[C@H]2CCC[C@](O)(c3ccccc3)[C@H]2C1. The summed E-state index contributed by atoms with van der Waals surface area (Å²) in [6.07, 6.45) is 6.97. The highest BCUT2D eigenvalue weighted by Gasteiger charge is 2.50. The van der Waals surface area contributed by atoms with E-state index in [4.69, 9.17) is 0 Å². The quantitative estimate of drug-likeness (QED) is 0.868. The van der Waals surface area contributed by atoms with Crippen LogP contribution in [0.1, 0.15) is 56.9 Å². The number of fused-ring (bicyclic) bond motifs is 1. The maximum absolute atomic E-state index is 12.9. The minimum Gasteiger partial charge on any atom is -0.385 e. The van der Waals surface area contributed by atoms with Gasteiger partial charge in [0, 0.05) is 44.9 Å².